The van der Waals surface area contributed by atoms with Gasteiger partial charge in [0.25, 0.3) is 5.91 Å². The van der Waals surface area contributed by atoms with Crippen LogP contribution in [0.1, 0.15) is 6.92 Å². The van der Waals surface area contributed by atoms with Crippen molar-refractivity contribution in [3.63, 3.8) is 0 Å². The molecule has 104 valence electrons. The van der Waals surface area contributed by atoms with Crippen molar-refractivity contribution >= 4 is 17.3 Å². The lowest BCUT2D eigenvalue weighted by atomic mass is 10.2. The summed E-state index contributed by atoms with van der Waals surface area (Å²) in [5.74, 6) is -0.474. The number of rotatable bonds is 4. The van der Waals surface area contributed by atoms with E-state index in [4.69, 9.17) is 10.5 Å². The Labute approximate surface area is 116 Å². The molecule has 0 saturated heterocycles. The molecule has 0 spiro atoms. The van der Waals surface area contributed by atoms with Crippen LogP contribution in [0.3, 0.4) is 0 Å². The van der Waals surface area contributed by atoms with Gasteiger partial charge >= 0.3 is 0 Å². The molecule has 0 aliphatic carbocycles. The molecular formula is C15H15FN2O2. The van der Waals surface area contributed by atoms with Gasteiger partial charge in [-0.25, -0.2) is 4.39 Å². The molecule has 2 aromatic rings. The second-order valence-electron chi connectivity index (χ2n) is 4.30. The number of anilines is 2. The van der Waals surface area contributed by atoms with Crippen LogP contribution in [-0.2, 0) is 4.79 Å². The van der Waals surface area contributed by atoms with Crippen LogP contribution in [0, 0.1) is 5.82 Å². The van der Waals surface area contributed by atoms with E-state index in [-0.39, 0.29) is 17.3 Å². The highest BCUT2D eigenvalue weighted by Crippen LogP contribution is 2.23. The molecule has 1 atom stereocenters. The van der Waals surface area contributed by atoms with Gasteiger partial charge in [0.2, 0.25) is 0 Å². The average molecular weight is 274 g/mol. The molecule has 20 heavy (non-hydrogen) atoms. The highest BCUT2D eigenvalue weighted by molar-refractivity contribution is 5.94. The van der Waals surface area contributed by atoms with Crippen molar-refractivity contribution in [3.8, 4) is 5.75 Å². The van der Waals surface area contributed by atoms with Crippen LogP contribution in [0.2, 0.25) is 0 Å². The zero-order valence-electron chi connectivity index (χ0n) is 11.0. The molecule has 4 nitrogen and oxygen atoms in total. The minimum absolute atomic E-state index is 0.157. The highest BCUT2D eigenvalue weighted by atomic mass is 19.1. The molecule has 3 N–H and O–H groups in total. The molecule has 0 bridgehead atoms. The third-order valence-electron chi connectivity index (χ3n) is 2.69. The van der Waals surface area contributed by atoms with Gasteiger partial charge in [0.1, 0.15) is 11.6 Å². The molecule has 0 radical (unpaired) electrons. The van der Waals surface area contributed by atoms with Crippen molar-refractivity contribution in [2.45, 2.75) is 13.0 Å². The lowest BCUT2D eigenvalue weighted by Crippen LogP contribution is -2.30. The summed E-state index contributed by atoms with van der Waals surface area (Å²) in [4.78, 5) is 11.9. The van der Waals surface area contributed by atoms with Crippen molar-refractivity contribution < 1.29 is 13.9 Å². The topological polar surface area (TPSA) is 64.3 Å². The van der Waals surface area contributed by atoms with E-state index < -0.39 is 11.9 Å². The summed E-state index contributed by atoms with van der Waals surface area (Å²) >= 11 is 0. The second-order valence-corrected chi connectivity index (χ2v) is 4.30. The predicted octanol–water partition coefficient (Wildman–Crippen LogP) is 2.81. The number of carbonyl (C=O) groups is 1. The molecule has 0 aromatic heterocycles. The van der Waals surface area contributed by atoms with Crippen molar-refractivity contribution in [1.29, 1.82) is 0 Å². The number of nitrogens with one attached hydrogen (secondary N) is 1. The van der Waals surface area contributed by atoms with Gasteiger partial charge in [0, 0.05) is 11.8 Å². The number of ether oxygens (including phenoxy) is 1. The Morgan fingerprint density at radius 3 is 2.60 bits per heavy atom. The normalized spacial score (nSPS) is 11.7. The molecule has 5 heteroatoms. The van der Waals surface area contributed by atoms with E-state index in [1.54, 1.807) is 19.1 Å². The number of halogens is 1. The van der Waals surface area contributed by atoms with E-state index in [0.29, 0.717) is 5.69 Å². The third kappa shape index (κ3) is 3.47. The van der Waals surface area contributed by atoms with Crippen LogP contribution < -0.4 is 15.8 Å². The fourth-order valence-corrected chi connectivity index (χ4v) is 1.64. The average Bonchev–Trinajstić information content (AvgIpc) is 2.43. The Morgan fingerprint density at radius 2 is 1.95 bits per heavy atom. The second kappa shape index (κ2) is 6.06. The highest BCUT2D eigenvalue weighted by Gasteiger charge is 2.16. The molecule has 1 amide bonds. The smallest absolute Gasteiger partial charge is 0.265 e. The standard InChI is InChI=1S/C15H15FN2O2/c1-10(15(19)18-12-5-3-2-4-6-12)20-14-8-7-11(16)9-13(14)17/h2-10H,17H2,1H3,(H,18,19). The lowest BCUT2D eigenvalue weighted by Gasteiger charge is -2.16. The van der Waals surface area contributed by atoms with Crippen LogP contribution in [-0.4, -0.2) is 12.0 Å². The molecule has 0 fully saturated rings. The Balaban J connectivity index is 2.00. The lowest BCUT2D eigenvalue weighted by molar-refractivity contribution is -0.122. The minimum atomic E-state index is -0.747. The zero-order chi connectivity index (χ0) is 14.5. The number of para-hydroxylation sites is 1. The van der Waals surface area contributed by atoms with E-state index in [0.717, 1.165) is 6.07 Å². The number of nitrogen functional groups attached to an aromatic ring is 1. The van der Waals surface area contributed by atoms with Crippen molar-refractivity contribution in [3.05, 3.63) is 54.3 Å². The van der Waals surface area contributed by atoms with Crippen LogP contribution >= 0.6 is 0 Å². The first kappa shape index (κ1) is 13.9. The maximum atomic E-state index is 12.9. The fraction of sp³-hybridized carbons (Fsp3) is 0.133. The van der Waals surface area contributed by atoms with E-state index in [1.165, 1.54) is 12.1 Å². The van der Waals surface area contributed by atoms with E-state index in [1.807, 2.05) is 18.2 Å². The molecule has 1 unspecified atom stereocenters. The molecule has 2 rings (SSSR count). The number of benzene rings is 2. The number of carbonyl (C=O) groups excluding carboxylic acids is 1. The van der Waals surface area contributed by atoms with Gasteiger partial charge in [-0.15, -0.1) is 0 Å². The van der Waals surface area contributed by atoms with Crippen molar-refractivity contribution in [1.82, 2.24) is 0 Å². The Morgan fingerprint density at radius 1 is 1.25 bits per heavy atom. The van der Waals surface area contributed by atoms with Gasteiger partial charge in [-0.1, -0.05) is 18.2 Å². The van der Waals surface area contributed by atoms with Gasteiger partial charge < -0.3 is 15.8 Å². The van der Waals surface area contributed by atoms with Crippen molar-refractivity contribution in [2.75, 3.05) is 11.1 Å². The molecule has 0 saturated carbocycles. The molecule has 0 aliphatic rings. The maximum absolute atomic E-state index is 12.9. The summed E-state index contributed by atoms with van der Waals surface area (Å²) < 4.78 is 18.3. The van der Waals surface area contributed by atoms with Crippen LogP contribution in [0.5, 0.6) is 5.75 Å². The fourth-order valence-electron chi connectivity index (χ4n) is 1.64. The molecule has 0 aliphatic heterocycles. The van der Waals surface area contributed by atoms with Gasteiger partial charge in [-0.2, -0.15) is 0 Å². The molecular weight excluding hydrogens is 259 g/mol. The first-order chi connectivity index (χ1) is 9.56. The first-order valence-corrected chi connectivity index (χ1v) is 6.14. The zero-order valence-corrected chi connectivity index (χ0v) is 11.0. The van der Waals surface area contributed by atoms with Crippen LogP contribution in [0.15, 0.2) is 48.5 Å². The predicted molar refractivity (Wildman–Crippen MR) is 76.0 cm³/mol. The van der Waals surface area contributed by atoms with E-state index in [9.17, 15) is 9.18 Å². The van der Waals surface area contributed by atoms with Gasteiger partial charge in [0.15, 0.2) is 6.10 Å². The number of hydrogen-bond acceptors (Lipinski definition) is 3. The summed E-state index contributed by atoms with van der Waals surface area (Å²) in [5, 5.41) is 2.71. The van der Waals surface area contributed by atoms with Crippen LogP contribution in [0.4, 0.5) is 15.8 Å². The summed E-state index contributed by atoms with van der Waals surface area (Å²) in [5.41, 5.74) is 6.46. The van der Waals surface area contributed by atoms with Gasteiger partial charge in [-0.05, 0) is 31.2 Å². The van der Waals surface area contributed by atoms with E-state index >= 15 is 0 Å². The number of hydrogen-bond donors (Lipinski definition) is 2. The van der Waals surface area contributed by atoms with Gasteiger partial charge in [-0.3, -0.25) is 4.79 Å². The van der Waals surface area contributed by atoms with Crippen molar-refractivity contribution in [2.24, 2.45) is 0 Å². The summed E-state index contributed by atoms with van der Waals surface area (Å²) in [6.07, 6.45) is -0.747. The van der Waals surface area contributed by atoms with Gasteiger partial charge in [0.05, 0.1) is 5.69 Å². The molecule has 0 heterocycles. The summed E-state index contributed by atoms with van der Waals surface area (Å²) in [6, 6.07) is 12.8. The Hall–Kier alpha value is -2.56. The summed E-state index contributed by atoms with van der Waals surface area (Å²) in [7, 11) is 0. The largest absolute Gasteiger partial charge is 0.479 e. The number of amides is 1. The maximum Gasteiger partial charge on any atom is 0.265 e. The first-order valence-electron chi connectivity index (χ1n) is 6.14. The number of nitrogens with two attached hydrogens (primary N) is 1. The quantitative estimate of drug-likeness (QED) is 0.843. The Kier molecular flexibility index (Phi) is 4.20. The van der Waals surface area contributed by atoms with E-state index in [2.05, 4.69) is 5.32 Å². The van der Waals surface area contributed by atoms with Crippen LogP contribution in [0.25, 0.3) is 0 Å². The molecule has 2 aromatic carbocycles. The monoisotopic (exact) mass is 274 g/mol. The SMILES string of the molecule is CC(Oc1ccc(F)cc1N)C(=O)Nc1ccccc1. The minimum Gasteiger partial charge on any atom is -0.479 e. The Bertz CT molecular complexity index is 602. The summed E-state index contributed by atoms with van der Waals surface area (Å²) in [6.45, 7) is 1.60. The third-order valence-corrected chi connectivity index (χ3v) is 2.69.